The van der Waals surface area contributed by atoms with Crippen LogP contribution in [0.4, 0.5) is 17.6 Å². The van der Waals surface area contributed by atoms with Crippen LogP contribution in [0.15, 0.2) is 24.3 Å². The number of hydrogen-bond donors (Lipinski definition) is 3. The van der Waals surface area contributed by atoms with Crippen molar-refractivity contribution in [3.8, 4) is 0 Å². The molecule has 0 spiro atoms. The minimum absolute atomic E-state index is 0.0761. The zero-order valence-electron chi connectivity index (χ0n) is 15.7. The van der Waals surface area contributed by atoms with Crippen LogP contribution in [0.5, 0.6) is 0 Å². The highest BCUT2D eigenvalue weighted by Crippen LogP contribution is 2.22. The molecule has 1 heterocycles. The SMILES string of the molecule is Cc1ccccc1Nc1nc(N)nc(CSC(C)C(=O)NC2CCCC2)n1. The molecule has 7 nitrogen and oxygen atoms in total. The highest BCUT2D eigenvalue weighted by Gasteiger charge is 2.21. The molecule has 1 amide bonds. The Morgan fingerprint density at radius 2 is 2.00 bits per heavy atom. The van der Waals surface area contributed by atoms with Crippen molar-refractivity contribution >= 4 is 35.3 Å². The largest absolute Gasteiger partial charge is 0.368 e. The first-order chi connectivity index (χ1) is 13.0. The summed E-state index contributed by atoms with van der Waals surface area (Å²) in [7, 11) is 0. The first-order valence-corrected chi connectivity index (χ1v) is 10.3. The summed E-state index contributed by atoms with van der Waals surface area (Å²) in [4.78, 5) is 25.1. The molecule has 0 radical (unpaired) electrons. The molecule has 8 heteroatoms. The fourth-order valence-corrected chi connectivity index (χ4v) is 3.80. The molecule has 1 fully saturated rings. The Labute approximate surface area is 164 Å². The van der Waals surface area contributed by atoms with Gasteiger partial charge in [0.15, 0.2) is 0 Å². The maximum atomic E-state index is 12.3. The van der Waals surface area contributed by atoms with Gasteiger partial charge in [-0.05, 0) is 38.3 Å². The van der Waals surface area contributed by atoms with Crippen molar-refractivity contribution in [3.63, 3.8) is 0 Å². The van der Waals surface area contributed by atoms with Crippen LogP contribution >= 0.6 is 11.8 Å². The summed E-state index contributed by atoms with van der Waals surface area (Å²) in [6, 6.07) is 8.22. The van der Waals surface area contributed by atoms with Gasteiger partial charge in [-0.1, -0.05) is 31.0 Å². The van der Waals surface area contributed by atoms with Crippen LogP contribution in [0.25, 0.3) is 0 Å². The van der Waals surface area contributed by atoms with E-state index in [-0.39, 0.29) is 17.1 Å². The second-order valence-corrected chi connectivity index (χ2v) is 8.15. The highest BCUT2D eigenvalue weighted by molar-refractivity contribution is 7.99. The zero-order chi connectivity index (χ0) is 19.2. The fraction of sp³-hybridized carbons (Fsp3) is 0.474. The number of para-hydroxylation sites is 1. The molecule has 27 heavy (non-hydrogen) atoms. The Balaban J connectivity index is 1.59. The van der Waals surface area contributed by atoms with Crippen LogP contribution in [0, 0.1) is 6.92 Å². The maximum absolute atomic E-state index is 12.3. The number of amides is 1. The first kappa shape index (κ1) is 19.4. The second kappa shape index (κ2) is 9.03. The number of aryl methyl sites for hydroxylation is 1. The summed E-state index contributed by atoms with van der Waals surface area (Å²) >= 11 is 1.50. The van der Waals surface area contributed by atoms with Crippen LogP contribution in [-0.4, -0.2) is 32.2 Å². The summed E-state index contributed by atoms with van der Waals surface area (Å²) in [5.74, 6) is 1.71. The summed E-state index contributed by atoms with van der Waals surface area (Å²) < 4.78 is 0. The van der Waals surface area contributed by atoms with Gasteiger partial charge >= 0.3 is 0 Å². The topological polar surface area (TPSA) is 106 Å². The Morgan fingerprint density at radius 3 is 2.74 bits per heavy atom. The van der Waals surface area contributed by atoms with Crippen LogP contribution in [-0.2, 0) is 10.5 Å². The molecule has 1 unspecified atom stereocenters. The number of carbonyl (C=O) groups excluding carboxylic acids is 1. The molecule has 0 saturated heterocycles. The Hall–Kier alpha value is -2.35. The van der Waals surface area contributed by atoms with Crippen molar-refractivity contribution in [1.29, 1.82) is 0 Å². The lowest BCUT2D eigenvalue weighted by molar-refractivity contribution is -0.120. The second-order valence-electron chi connectivity index (χ2n) is 6.82. The average Bonchev–Trinajstić information content (AvgIpc) is 3.14. The van der Waals surface area contributed by atoms with Gasteiger partial charge in [0.1, 0.15) is 5.82 Å². The molecule has 1 saturated carbocycles. The quantitative estimate of drug-likeness (QED) is 0.671. The number of rotatable bonds is 7. The van der Waals surface area contributed by atoms with E-state index in [9.17, 15) is 4.79 Å². The first-order valence-electron chi connectivity index (χ1n) is 9.26. The summed E-state index contributed by atoms with van der Waals surface area (Å²) in [6.45, 7) is 3.92. The molecular weight excluding hydrogens is 360 g/mol. The van der Waals surface area contributed by atoms with Gasteiger partial charge in [0.25, 0.3) is 0 Å². The van der Waals surface area contributed by atoms with E-state index >= 15 is 0 Å². The number of nitrogens with one attached hydrogen (secondary N) is 2. The zero-order valence-corrected chi connectivity index (χ0v) is 16.6. The third-order valence-electron chi connectivity index (χ3n) is 4.62. The maximum Gasteiger partial charge on any atom is 0.233 e. The van der Waals surface area contributed by atoms with Gasteiger partial charge in [0, 0.05) is 11.7 Å². The standard InChI is InChI=1S/C19H26N6OS/c1-12-7-3-6-10-15(12)22-19-24-16(23-18(20)25-19)11-27-13(2)17(26)21-14-8-4-5-9-14/h3,6-7,10,13-14H,4-5,8-9,11H2,1-2H3,(H,21,26)(H3,20,22,23,24,25). The van der Waals surface area contributed by atoms with Crippen molar-refractivity contribution in [3.05, 3.63) is 35.7 Å². The number of hydrogen-bond acceptors (Lipinski definition) is 7. The van der Waals surface area contributed by atoms with Crippen molar-refractivity contribution < 1.29 is 4.79 Å². The van der Waals surface area contributed by atoms with Gasteiger partial charge in [0.2, 0.25) is 17.8 Å². The van der Waals surface area contributed by atoms with Gasteiger partial charge in [-0.15, -0.1) is 11.8 Å². The van der Waals surface area contributed by atoms with E-state index in [4.69, 9.17) is 5.73 Å². The molecule has 144 valence electrons. The molecule has 4 N–H and O–H groups in total. The molecule has 0 bridgehead atoms. The normalized spacial score (nSPS) is 15.5. The van der Waals surface area contributed by atoms with Crippen molar-refractivity contribution in [2.24, 2.45) is 0 Å². The van der Waals surface area contributed by atoms with E-state index in [0.717, 1.165) is 24.1 Å². The number of thioether (sulfide) groups is 1. The minimum Gasteiger partial charge on any atom is -0.368 e. The van der Waals surface area contributed by atoms with Gasteiger partial charge < -0.3 is 16.4 Å². The van der Waals surface area contributed by atoms with Crippen molar-refractivity contribution in [2.45, 2.75) is 56.6 Å². The van der Waals surface area contributed by atoms with E-state index < -0.39 is 0 Å². The average molecular weight is 387 g/mol. The summed E-state index contributed by atoms with van der Waals surface area (Å²) in [5.41, 5.74) is 7.85. The number of carbonyl (C=O) groups is 1. The third kappa shape index (κ3) is 5.56. The molecule has 0 aliphatic heterocycles. The predicted molar refractivity (Wildman–Crippen MR) is 110 cm³/mol. The monoisotopic (exact) mass is 386 g/mol. The molecule has 1 aliphatic carbocycles. The van der Waals surface area contributed by atoms with Crippen LogP contribution < -0.4 is 16.4 Å². The Kier molecular flexibility index (Phi) is 6.49. The van der Waals surface area contributed by atoms with Crippen molar-refractivity contribution in [1.82, 2.24) is 20.3 Å². The van der Waals surface area contributed by atoms with Crippen molar-refractivity contribution in [2.75, 3.05) is 11.1 Å². The van der Waals surface area contributed by atoms with E-state index in [1.54, 1.807) is 0 Å². The van der Waals surface area contributed by atoms with E-state index in [1.807, 2.05) is 38.1 Å². The molecular formula is C19H26N6OS. The smallest absolute Gasteiger partial charge is 0.233 e. The van der Waals surface area contributed by atoms with Gasteiger partial charge in [0.05, 0.1) is 11.0 Å². The number of nitrogens with two attached hydrogens (primary N) is 1. The molecule has 1 aromatic heterocycles. The fourth-order valence-electron chi connectivity index (χ4n) is 3.06. The lowest BCUT2D eigenvalue weighted by atomic mass is 10.2. The highest BCUT2D eigenvalue weighted by atomic mass is 32.2. The number of aromatic nitrogens is 3. The van der Waals surface area contributed by atoms with Gasteiger partial charge in [-0.3, -0.25) is 4.79 Å². The third-order valence-corrected chi connectivity index (χ3v) is 5.76. The number of nitrogen functional groups attached to an aromatic ring is 1. The van der Waals surface area contributed by atoms with Crippen LogP contribution in [0.3, 0.4) is 0 Å². The van der Waals surface area contributed by atoms with E-state index in [1.165, 1.54) is 24.6 Å². The Bertz CT molecular complexity index is 794. The molecule has 1 atom stereocenters. The lowest BCUT2D eigenvalue weighted by Crippen LogP contribution is -2.37. The van der Waals surface area contributed by atoms with Gasteiger partial charge in [-0.25, -0.2) is 0 Å². The van der Waals surface area contributed by atoms with Gasteiger partial charge in [-0.2, -0.15) is 15.0 Å². The van der Waals surface area contributed by atoms with E-state index in [2.05, 4.69) is 25.6 Å². The van der Waals surface area contributed by atoms with Crippen LogP contribution in [0.2, 0.25) is 0 Å². The van der Waals surface area contributed by atoms with Crippen LogP contribution in [0.1, 0.15) is 44.0 Å². The molecule has 1 aromatic carbocycles. The summed E-state index contributed by atoms with van der Waals surface area (Å²) in [5, 5.41) is 6.14. The number of nitrogens with zero attached hydrogens (tertiary/aromatic N) is 3. The molecule has 1 aliphatic rings. The molecule has 2 aromatic rings. The lowest BCUT2D eigenvalue weighted by Gasteiger charge is -2.16. The Morgan fingerprint density at radius 1 is 1.26 bits per heavy atom. The summed E-state index contributed by atoms with van der Waals surface area (Å²) in [6.07, 6.45) is 4.57. The predicted octanol–water partition coefficient (Wildman–Crippen LogP) is 3.19. The molecule has 3 rings (SSSR count). The minimum atomic E-state index is -0.170. The number of anilines is 3. The van der Waals surface area contributed by atoms with E-state index in [0.29, 0.717) is 23.6 Å². The number of benzene rings is 1.